The second-order valence-electron chi connectivity index (χ2n) is 4.16. The van der Waals surface area contributed by atoms with Crippen LogP contribution in [0.2, 0.25) is 0 Å². The van der Waals surface area contributed by atoms with E-state index < -0.39 is 11.9 Å². The van der Waals surface area contributed by atoms with Crippen molar-refractivity contribution in [2.75, 3.05) is 5.32 Å². The first kappa shape index (κ1) is 12.2. The normalized spacial score (nSPS) is 10.7. The van der Waals surface area contributed by atoms with Crippen molar-refractivity contribution in [2.45, 2.75) is 19.8 Å². The third-order valence-electron chi connectivity index (χ3n) is 2.41. The van der Waals surface area contributed by atoms with Gasteiger partial charge in [0.2, 0.25) is 5.95 Å². The molecule has 0 aliphatic carbocycles. The van der Waals surface area contributed by atoms with E-state index in [4.69, 9.17) is 0 Å². The van der Waals surface area contributed by atoms with Crippen LogP contribution in [-0.4, -0.2) is 21.1 Å². The average Bonchev–Trinajstić information content (AvgIpc) is 2.77. The first-order valence-electron chi connectivity index (χ1n) is 5.55. The average molecular weight is 248 g/mol. The van der Waals surface area contributed by atoms with Crippen LogP contribution in [0.25, 0.3) is 0 Å². The fourth-order valence-electron chi connectivity index (χ4n) is 1.41. The summed E-state index contributed by atoms with van der Waals surface area (Å²) in [5.41, 5.74) is 0.932. The zero-order chi connectivity index (χ0) is 13.1. The van der Waals surface area contributed by atoms with Crippen molar-refractivity contribution >= 4 is 11.7 Å². The van der Waals surface area contributed by atoms with Gasteiger partial charge in [-0.3, -0.25) is 9.89 Å². The Kier molecular flexibility index (Phi) is 3.36. The van der Waals surface area contributed by atoms with Crippen molar-refractivity contribution < 1.29 is 9.18 Å². The molecule has 0 atom stereocenters. The molecule has 2 heterocycles. The summed E-state index contributed by atoms with van der Waals surface area (Å²) in [6.07, 6.45) is 0. The van der Waals surface area contributed by atoms with Crippen molar-refractivity contribution in [1.29, 1.82) is 0 Å². The molecular formula is C12H13FN4O. The van der Waals surface area contributed by atoms with E-state index in [2.05, 4.69) is 20.5 Å². The van der Waals surface area contributed by atoms with Crippen LogP contribution < -0.4 is 5.32 Å². The lowest BCUT2D eigenvalue weighted by Gasteiger charge is -2.00. The van der Waals surface area contributed by atoms with Crippen LogP contribution in [0.3, 0.4) is 0 Å². The van der Waals surface area contributed by atoms with Gasteiger partial charge in [-0.15, -0.1) is 0 Å². The minimum Gasteiger partial charge on any atom is -0.304 e. The maximum Gasteiger partial charge on any atom is 0.275 e. The largest absolute Gasteiger partial charge is 0.304 e. The maximum absolute atomic E-state index is 12.9. The van der Waals surface area contributed by atoms with Crippen LogP contribution in [0.1, 0.15) is 35.9 Å². The fraction of sp³-hybridized carbons (Fsp3) is 0.250. The molecule has 2 aromatic heterocycles. The minimum atomic E-state index is -0.687. The molecule has 0 spiro atoms. The summed E-state index contributed by atoms with van der Waals surface area (Å²) in [7, 11) is 0. The molecule has 0 aliphatic rings. The molecule has 94 valence electrons. The van der Waals surface area contributed by atoms with Crippen LogP contribution in [0.4, 0.5) is 10.2 Å². The number of amides is 1. The summed E-state index contributed by atoms with van der Waals surface area (Å²) in [5.74, 6) is -0.492. The number of halogens is 1. The number of carbonyl (C=O) groups is 1. The molecule has 6 heteroatoms. The Morgan fingerprint density at radius 3 is 2.83 bits per heavy atom. The topological polar surface area (TPSA) is 70.7 Å². The number of nitrogens with zero attached hydrogens (tertiary/aromatic N) is 2. The van der Waals surface area contributed by atoms with Gasteiger partial charge in [-0.25, -0.2) is 4.98 Å². The highest BCUT2D eigenvalue weighted by Gasteiger charge is 2.11. The number of aromatic amines is 1. The second-order valence-corrected chi connectivity index (χ2v) is 4.16. The summed E-state index contributed by atoms with van der Waals surface area (Å²) >= 11 is 0. The van der Waals surface area contributed by atoms with E-state index in [-0.39, 0.29) is 11.6 Å². The molecule has 5 nitrogen and oxygen atoms in total. The van der Waals surface area contributed by atoms with Gasteiger partial charge in [0.05, 0.1) is 0 Å². The molecule has 0 bridgehead atoms. The lowest BCUT2D eigenvalue weighted by atomic mass is 10.1. The first-order valence-corrected chi connectivity index (χ1v) is 5.55. The lowest BCUT2D eigenvalue weighted by molar-refractivity contribution is 0.102. The summed E-state index contributed by atoms with van der Waals surface area (Å²) in [6.45, 7) is 4.01. The number of aromatic nitrogens is 3. The Hall–Kier alpha value is -2.24. The van der Waals surface area contributed by atoms with E-state index in [1.54, 1.807) is 6.07 Å². The van der Waals surface area contributed by atoms with Gasteiger partial charge in [-0.1, -0.05) is 19.9 Å². The van der Waals surface area contributed by atoms with Gasteiger partial charge < -0.3 is 5.32 Å². The quantitative estimate of drug-likeness (QED) is 0.819. The summed E-state index contributed by atoms with van der Waals surface area (Å²) in [4.78, 5) is 15.2. The van der Waals surface area contributed by atoms with E-state index >= 15 is 0 Å². The molecule has 0 saturated heterocycles. The predicted molar refractivity (Wildman–Crippen MR) is 64.8 cm³/mol. The van der Waals surface area contributed by atoms with Crippen molar-refractivity contribution in [1.82, 2.24) is 15.2 Å². The van der Waals surface area contributed by atoms with E-state index in [1.807, 2.05) is 13.8 Å². The Bertz CT molecular complexity index is 565. The smallest absolute Gasteiger partial charge is 0.275 e. The van der Waals surface area contributed by atoms with E-state index in [0.717, 1.165) is 5.69 Å². The molecule has 0 radical (unpaired) electrons. The maximum atomic E-state index is 12.9. The van der Waals surface area contributed by atoms with E-state index in [9.17, 15) is 9.18 Å². The van der Waals surface area contributed by atoms with Gasteiger partial charge in [0.15, 0.2) is 5.82 Å². The summed E-state index contributed by atoms with van der Waals surface area (Å²) < 4.78 is 12.9. The van der Waals surface area contributed by atoms with Crippen molar-refractivity contribution in [2.24, 2.45) is 0 Å². The highest BCUT2D eigenvalue weighted by atomic mass is 19.1. The van der Waals surface area contributed by atoms with Gasteiger partial charge in [0.25, 0.3) is 5.91 Å². The SMILES string of the molecule is CC(C)c1cc(NC(=O)c2cccc(F)n2)n[nH]1. The number of hydrogen-bond acceptors (Lipinski definition) is 3. The fourth-order valence-corrected chi connectivity index (χ4v) is 1.41. The number of nitrogens with one attached hydrogen (secondary N) is 2. The van der Waals surface area contributed by atoms with Crippen molar-refractivity contribution in [3.63, 3.8) is 0 Å². The zero-order valence-electron chi connectivity index (χ0n) is 10.1. The number of H-pyrrole nitrogens is 1. The second kappa shape index (κ2) is 4.95. The lowest BCUT2D eigenvalue weighted by Crippen LogP contribution is -2.14. The first-order chi connectivity index (χ1) is 8.56. The predicted octanol–water partition coefficient (Wildman–Crippen LogP) is 2.32. The van der Waals surface area contributed by atoms with E-state index in [0.29, 0.717) is 5.82 Å². The Balaban J connectivity index is 2.11. The van der Waals surface area contributed by atoms with Gasteiger partial charge in [0, 0.05) is 11.8 Å². The summed E-state index contributed by atoms with van der Waals surface area (Å²) in [6, 6.07) is 5.79. The van der Waals surface area contributed by atoms with Crippen LogP contribution in [-0.2, 0) is 0 Å². The van der Waals surface area contributed by atoms with Gasteiger partial charge in [-0.05, 0) is 18.1 Å². The van der Waals surface area contributed by atoms with Gasteiger partial charge >= 0.3 is 0 Å². The van der Waals surface area contributed by atoms with Crippen LogP contribution in [0.5, 0.6) is 0 Å². The Morgan fingerprint density at radius 1 is 1.44 bits per heavy atom. The molecule has 1 amide bonds. The number of anilines is 1. The molecule has 2 N–H and O–H groups in total. The standard InChI is InChI=1S/C12H13FN4O/c1-7(2)9-6-11(17-16-9)15-12(18)8-4-3-5-10(13)14-8/h3-7H,1-2H3,(H2,15,16,17,18). The third-order valence-corrected chi connectivity index (χ3v) is 2.41. The molecule has 2 aromatic rings. The van der Waals surface area contributed by atoms with Crippen LogP contribution in [0, 0.1) is 5.95 Å². The van der Waals surface area contributed by atoms with Crippen molar-refractivity contribution in [3.8, 4) is 0 Å². The highest BCUT2D eigenvalue weighted by molar-refractivity contribution is 6.02. The molecule has 0 aromatic carbocycles. The van der Waals surface area contributed by atoms with Crippen molar-refractivity contribution in [3.05, 3.63) is 41.6 Å². The number of pyridine rings is 1. The summed E-state index contributed by atoms with van der Waals surface area (Å²) in [5, 5.41) is 9.31. The third kappa shape index (κ3) is 2.71. The molecule has 0 fully saturated rings. The molecular weight excluding hydrogens is 235 g/mol. The van der Waals surface area contributed by atoms with Crippen LogP contribution in [0.15, 0.2) is 24.3 Å². The Labute approximate surface area is 103 Å². The van der Waals surface area contributed by atoms with E-state index in [1.165, 1.54) is 18.2 Å². The Morgan fingerprint density at radius 2 is 2.22 bits per heavy atom. The van der Waals surface area contributed by atoms with Gasteiger partial charge in [0.1, 0.15) is 5.69 Å². The van der Waals surface area contributed by atoms with Gasteiger partial charge in [-0.2, -0.15) is 9.49 Å². The monoisotopic (exact) mass is 248 g/mol. The zero-order valence-corrected chi connectivity index (χ0v) is 10.1. The highest BCUT2D eigenvalue weighted by Crippen LogP contribution is 2.15. The number of hydrogen-bond donors (Lipinski definition) is 2. The number of rotatable bonds is 3. The molecule has 0 aliphatic heterocycles. The van der Waals surface area contributed by atoms with Crippen LogP contribution >= 0.6 is 0 Å². The molecule has 2 rings (SSSR count). The number of carbonyl (C=O) groups excluding carboxylic acids is 1. The molecule has 18 heavy (non-hydrogen) atoms. The molecule has 0 unspecified atom stereocenters. The minimum absolute atomic E-state index is 0.0177. The molecule has 0 saturated carbocycles.